The van der Waals surface area contributed by atoms with Crippen LogP contribution in [0.2, 0.25) is 0 Å². The second-order valence-electron chi connectivity index (χ2n) is 5.42. The number of aliphatic imine (C=N–C) groups is 1. The first kappa shape index (κ1) is 19.2. The topological polar surface area (TPSA) is 74.8 Å². The van der Waals surface area contributed by atoms with E-state index in [0.717, 1.165) is 11.3 Å². The summed E-state index contributed by atoms with van der Waals surface area (Å²) in [5.41, 5.74) is 1.35. The van der Waals surface area contributed by atoms with E-state index in [1.807, 2.05) is 31.2 Å². The summed E-state index contributed by atoms with van der Waals surface area (Å²) in [7, 11) is 1.61. The minimum Gasteiger partial charge on any atom is -0.496 e. The van der Waals surface area contributed by atoms with Crippen molar-refractivity contribution >= 4 is 17.6 Å². The highest BCUT2D eigenvalue weighted by molar-refractivity contribution is 5.94. The number of hydrogen-bond donors (Lipinski definition) is 3. The maximum absolute atomic E-state index is 13.1. The van der Waals surface area contributed by atoms with Crippen molar-refractivity contribution in [1.29, 1.82) is 0 Å². The monoisotopic (exact) mass is 358 g/mol. The molecule has 0 bridgehead atoms. The Morgan fingerprint density at radius 2 is 1.96 bits per heavy atom. The number of nitrogens with zero attached hydrogens (tertiary/aromatic N) is 1. The number of halogens is 1. The van der Waals surface area contributed by atoms with Crippen LogP contribution in [0.4, 0.5) is 10.1 Å². The minimum atomic E-state index is -0.400. The predicted octanol–water partition coefficient (Wildman–Crippen LogP) is 2.53. The number of anilines is 1. The molecule has 0 aliphatic carbocycles. The lowest BCUT2D eigenvalue weighted by Crippen LogP contribution is -2.41. The largest absolute Gasteiger partial charge is 0.496 e. The predicted molar refractivity (Wildman–Crippen MR) is 101 cm³/mol. The Kier molecular flexibility index (Phi) is 7.42. The van der Waals surface area contributed by atoms with E-state index in [1.165, 1.54) is 18.2 Å². The molecule has 0 radical (unpaired) electrons. The number of benzene rings is 2. The summed E-state index contributed by atoms with van der Waals surface area (Å²) in [6.45, 7) is 3.01. The third kappa shape index (κ3) is 6.08. The van der Waals surface area contributed by atoms with Crippen molar-refractivity contribution < 1.29 is 13.9 Å². The van der Waals surface area contributed by atoms with E-state index in [9.17, 15) is 9.18 Å². The summed E-state index contributed by atoms with van der Waals surface area (Å²) in [5.74, 6) is 0.574. The molecule has 0 aliphatic rings. The molecule has 2 aromatic carbocycles. The Morgan fingerprint density at radius 3 is 2.69 bits per heavy atom. The zero-order valence-electron chi connectivity index (χ0n) is 14.9. The van der Waals surface area contributed by atoms with Gasteiger partial charge in [0, 0.05) is 17.8 Å². The molecule has 0 spiro atoms. The highest BCUT2D eigenvalue weighted by Gasteiger charge is 2.06. The molecule has 0 saturated heterocycles. The molecule has 0 saturated carbocycles. The van der Waals surface area contributed by atoms with Gasteiger partial charge in [0.1, 0.15) is 11.6 Å². The zero-order chi connectivity index (χ0) is 18.8. The second kappa shape index (κ2) is 10.0. The van der Waals surface area contributed by atoms with Crippen molar-refractivity contribution in [2.45, 2.75) is 13.5 Å². The molecule has 3 N–H and O–H groups in total. The number of ether oxygens (including phenoxy) is 1. The number of rotatable bonds is 7. The summed E-state index contributed by atoms with van der Waals surface area (Å²) in [5, 5.41) is 8.66. The van der Waals surface area contributed by atoms with Crippen LogP contribution in [0.25, 0.3) is 0 Å². The summed E-state index contributed by atoms with van der Waals surface area (Å²) < 4.78 is 18.5. The third-order valence-electron chi connectivity index (χ3n) is 3.47. The van der Waals surface area contributed by atoms with Crippen LogP contribution in [0.3, 0.4) is 0 Å². The lowest BCUT2D eigenvalue weighted by molar-refractivity contribution is -0.115. The maximum atomic E-state index is 13.1. The lowest BCUT2D eigenvalue weighted by atomic mass is 10.2. The molecule has 0 unspecified atom stereocenters. The Bertz CT molecular complexity index is 765. The van der Waals surface area contributed by atoms with Gasteiger partial charge in [-0.1, -0.05) is 24.3 Å². The SMILES string of the molecule is CCNC(=NCc1ccccc1OC)NCC(=O)Nc1cccc(F)c1. The van der Waals surface area contributed by atoms with Crippen molar-refractivity contribution in [1.82, 2.24) is 10.6 Å². The Hall–Kier alpha value is -3.09. The number of para-hydroxylation sites is 1. The van der Waals surface area contributed by atoms with Gasteiger partial charge in [0.05, 0.1) is 20.2 Å². The summed E-state index contributed by atoms with van der Waals surface area (Å²) in [4.78, 5) is 16.5. The van der Waals surface area contributed by atoms with Gasteiger partial charge in [0.2, 0.25) is 5.91 Å². The molecule has 0 heterocycles. The first-order valence-electron chi connectivity index (χ1n) is 8.32. The molecule has 0 aromatic heterocycles. The maximum Gasteiger partial charge on any atom is 0.243 e. The fraction of sp³-hybridized carbons (Fsp3) is 0.263. The van der Waals surface area contributed by atoms with Crippen molar-refractivity contribution in [2.24, 2.45) is 4.99 Å². The van der Waals surface area contributed by atoms with E-state index >= 15 is 0 Å². The highest BCUT2D eigenvalue weighted by Crippen LogP contribution is 2.17. The van der Waals surface area contributed by atoms with Gasteiger partial charge < -0.3 is 20.7 Å². The molecule has 2 rings (SSSR count). The fourth-order valence-electron chi connectivity index (χ4n) is 2.27. The van der Waals surface area contributed by atoms with Crippen molar-refractivity contribution in [3.63, 3.8) is 0 Å². The van der Waals surface area contributed by atoms with Crippen LogP contribution in [0, 0.1) is 5.82 Å². The molecule has 7 heteroatoms. The number of nitrogens with one attached hydrogen (secondary N) is 3. The Morgan fingerprint density at radius 1 is 1.15 bits per heavy atom. The molecule has 0 fully saturated rings. The Labute approximate surface area is 152 Å². The van der Waals surface area contributed by atoms with Crippen LogP contribution in [-0.4, -0.2) is 32.1 Å². The molecule has 0 aliphatic heterocycles. The molecular weight excluding hydrogens is 335 g/mol. The van der Waals surface area contributed by atoms with Gasteiger partial charge in [-0.15, -0.1) is 0 Å². The molecule has 6 nitrogen and oxygen atoms in total. The van der Waals surface area contributed by atoms with E-state index in [1.54, 1.807) is 13.2 Å². The number of carbonyl (C=O) groups excluding carboxylic acids is 1. The van der Waals surface area contributed by atoms with Gasteiger partial charge in [-0.3, -0.25) is 4.79 Å². The molecule has 1 amide bonds. The molecule has 26 heavy (non-hydrogen) atoms. The molecular formula is C19H23FN4O2. The van der Waals surface area contributed by atoms with Crippen molar-refractivity contribution in [3.05, 3.63) is 59.9 Å². The van der Waals surface area contributed by atoms with Gasteiger partial charge in [0.15, 0.2) is 5.96 Å². The number of hydrogen-bond acceptors (Lipinski definition) is 3. The third-order valence-corrected chi connectivity index (χ3v) is 3.47. The number of carbonyl (C=O) groups is 1. The standard InChI is InChI=1S/C19H23FN4O2/c1-3-21-19(22-12-14-7-4-5-10-17(14)26-2)23-13-18(25)24-16-9-6-8-15(20)11-16/h4-11H,3,12-13H2,1-2H3,(H,24,25)(H2,21,22,23). The zero-order valence-corrected chi connectivity index (χ0v) is 14.9. The van der Waals surface area contributed by atoms with Gasteiger partial charge in [-0.25, -0.2) is 9.38 Å². The van der Waals surface area contributed by atoms with Gasteiger partial charge in [-0.05, 0) is 31.2 Å². The van der Waals surface area contributed by atoms with Crippen LogP contribution in [-0.2, 0) is 11.3 Å². The average molecular weight is 358 g/mol. The average Bonchev–Trinajstić information content (AvgIpc) is 2.64. The number of guanidine groups is 1. The van der Waals surface area contributed by atoms with E-state index in [-0.39, 0.29) is 12.5 Å². The van der Waals surface area contributed by atoms with Crippen LogP contribution >= 0.6 is 0 Å². The first-order chi connectivity index (χ1) is 12.6. The highest BCUT2D eigenvalue weighted by atomic mass is 19.1. The van der Waals surface area contributed by atoms with E-state index in [4.69, 9.17) is 4.74 Å². The van der Waals surface area contributed by atoms with E-state index < -0.39 is 5.82 Å². The van der Waals surface area contributed by atoms with Crippen LogP contribution in [0.5, 0.6) is 5.75 Å². The number of methoxy groups -OCH3 is 1. The lowest BCUT2D eigenvalue weighted by Gasteiger charge is -2.12. The first-order valence-corrected chi connectivity index (χ1v) is 8.32. The smallest absolute Gasteiger partial charge is 0.243 e. The second-order valence-corrected chi connectivity index (χ2v) is 5.42. The quantitative estimate of drug-likeness (QED) is 0.525. The minimum absolute atomic E-state index is 0.00821. The normalized spacial score (nSPS) is 11.0. The van der Waals surface area contributed by atoms with Crippen LogP contribution in [0.1, 0.15) is 12.5 Å². The Balaban J connectivity index is 1.93. The van der Waals surface area contributed by atoms with Crippen LogP contribution < -0.4 is 20.7 Å². The fourth-order valence-corrected chi connectivity index (χ4v) is 2.27. The van der Waals surface area contributed by atoms with Crippen molar-refractivity contribution in [3.8, 4) is 5.75 Å². The van der Waals surface area contributed by atoms with Gasteiger partial charge in [-0.2, -0.15) is 0 Å². The van der Waals surface area contributed by atoms with E-state index in [0.29, 0.717) is 24.7 Å². The molecule has 138 valence electrons. The van der Waals surface area contributed by atoms with E-state index in [2.05, 4.69) is 20.9 Å². The van der Waals surface area contributed by atoms with Crippen molar-refractivity contribution in [2.75, 3.05) is 25.5 Å². The summed E-state index contributed by atoms with van der Waals surface area (Å²) in [6.07, 6.45) is 0. The van der Waals surface area contributed by atoms with Crippen LogP contribution in [0.15, 0.2) is 53.5 Å². The molecule has 2 aromatic rings. The summed E-state index contributed by atoms with van der Waals surface area (Å²) >= 11 is 0. The molecule has 0 atom stereocenters. The number of amides is 1. The van der Waals surface area contributed by atoms with Gasteiger partial charge in [0.25, 0.3) is 0 Å². The summed E-state index contributed by atoms with van der Waals surface area (Å²) in [6, 6.07) is 13.4. The van der Waals surface area contributed by atoms with Gasteiger partial charge >= 0.3 is 0 Å².